The first kappa shape index (κ1) is 16.6. The van der Waals surface area contributed by atoms with Gasteiger partial charge in [-0.15, -0.1) is 0 Å². The van der Waals surface area contributed by atoms with E-state index < -0.39 is 11.5 Å². The first-order chi connectivity index (χ1) is 8.49. The molecule has 0 atom stereocenters. The van der Waals surface area contributed by atoms with E-state index in [1.165, 1.54) is 18.2 Å². The summed E-state index contributed by atoms with van der Waals surface area (Å²) in [5.41, 5.74) is 4.67. The molecule has 7 nitrogen and oxygen atoms in total. The molecule has 0 aliphatic heterocycles. The molecule has 2 aromatic rings. The van der Waals surface area contributed by atoms with Gasteiger partial charge in [0.05, 0.1) is 16.7 Å². The van der Waals surface area contributed by atoms with Crippen LogP contribution in [0.4, 0.5) is 5.82 Å². The average molecular weight is 286 g/mol. The number of halogens is 1. The highest BCUT2D eigenvalue weighted by Gasteiger charge is 1.90. The van der Waals surface area contributed by atoms with Crippen LogP contribution in [0.1, 0.15) is 10.5 Å². The fourth-order valence-corrected chi connectivity index (χ4v) is 1.10. The number of aromatic nitrogens is 2. The monoisotopic (exact) mass is 285 g/mol. The van der Waals surface area contributed by atoms with Crippen molar-refractivity contribution in [3.8, 4) is 0 Å². The molecule has 0 aliphatic carbocycles. The van der Waals surface area contributed by atoms with Crippen molar-refractivity contribution in [1.29, 1.82) is 0 Å². The summed E-state index contributed by atoms with van der Waals surface area (Å²) in [6.45, 7) is 0. The number of anilines is 1. The van der Waals surface area contributed by atoms with Crippen LogP contribution in [0.15, 0.2) is 41.3 Å². The fraction of sp³-hybridized carbons (Fsp3) is 0. The van der Waals surface area contributed by atoms with E-state index in [1.807, 2.05) is 0 Å². The highest BCUT2D eigenvalue weighted by molar-refractivity contribution is 6.30. The Hall–Kier alpha value is -2.38. The van der Waals surface area contributed by atoms with Crippen molar-refractivity contribution in [2.45, 2.75) is 0 Å². The lowest BCUT2D eigenvalue weighted by atomic mass is 10.4. The Balaban J connectivity index is 0.000000331. The summed E-state index contributed by atoms with van der Waals surface area (Å²) in [6, 6.07) is 7.28. The summed E-state index contributed by atoms with van der Waals surface area (Å²) in [4.78, 5) is 25.4. The number of carbonyl (C=O) groups is 1. The second-order valence-electron chi connectivity index (χ2n) is 3.18. The highest BCUT2D eigenvalue weighted by atomic mass is 35.5. The maximum Gasteiger partial charge on any atom is 0.270 e. The molecular formula is C11H12ClN3O4. The predicted octanol–water partition coefficient (Wildman–Crippen LogP) is -1.35. The Morgan fingerprint density at radius 2 is 2.00 bits per heavy atom. The zero-order valence-corrected chi connectivity index (χ0v) is 10.4. The van der Waals surface area contributed by atoms with Gasteiger partial charge in [-0.1, -0.05) is 17.7 Å². The molecule has 0 aromatic carbocycles. The van der Waals surface area contributed by atoms with Crippen LogP contribution in [0, 0.1) is 0 Å². The van der Waals surface area contributed by atoms with Crippen molar-refractivity contribution >= 4 is 23.4 Å². The van der Waals surface area contributed by atoms with Crippen LogP contribution in [0.2, 0.25) is 5.02 Å². The second kappa shape index (κ2) is 7.85. The number of carbonyl (C=O) groups excluding carboxylic acids is 1. The summed E-state index contributed by atoms with van der Waals surface area (Å²) in [7, 11) is 0. The van der Waals surface area contributed by atoms with Crippen LogP contribution < -0.4 is 21.4 Å². The minimum atomic E-state index is -1.38. The molecule has 8 heteroatoms. The van der Waals surface area contributed by atoms with Gasteiger partial charge in [0, 0.05) is 12.1 Å². The van der Waals surface area contributed by atoms with Gasteiger partial charge in [-0.3, -0.25) is 10.5 Å². The molecule has 0 fully saturated rings. The number of aromatic amines is 2. The van der Waals surface area contributed by atoms with E-state index in [9.17, 15) is 14.7 Å². The zero-order valence-electron chi connectivity index (χ0n) is 9.64. The molecule has 0 bridgehead atoms. The summed E-state index contributed by atoms with van der Waals surface area (Å²) in [6.07, 6.45) is 1.64. The largest absolute Gasteiger partial charge is 0.543 e. The summed E-state index contributed by atoms with van der Waals surface area (Å²) >= 11 is 5.52. The molecule has 19 heavy (non-hydrogen) atoms. The van der Waals surface area contributed by atoms with Gasteiger partial charge in [-0.05, 0) is 12.1 Å². The van der Waals surface area contributed by atoms with Gasteiger partial charge in [0.1, 0.15) is 6.20 Å². The van der Waals surface area contributed by atoms with Crippen LogP contribution in [0.3, 0.4) is 0 Å². The molecule has 0 saturated carbocycles. The van der Waals surface area contributed by atoms with Crippen molar-refractivity contribution in [3.63, 3.8) is 0 Å². The molecule has 2 aromatic heterocycles. The van der Waals surface area contributed by atoms with E-state index in [0.717, 1.165) is 0 Å². The SMILES string of the molecule is Nc1ccc(Cl)c[nH+]1.O.O=C([O-])c1cccc(=O)[nH]1. The Bertz CT molecular complexity index is 562. The predicted molar refractivity (Wildman–Crippen MR) is 67.4 cm³/mol. The molecule has 2 rings (SSSR count). The van der Waals surface area contributed by atoms with Gasteiger partial charge in [-0.2, -0.15) is 0 Å². The van der Waals surface area contributed by atoms with Gasteiger partial charge in [0.15, 0.2) is 0 Å². The third kappa shape index (κ3) is 6.20. The number of carboxylic acid groups (broad SMARTS) is 1. The molecule has 0 saturated heterocycles. The summed E-state index contributed by atoms with van der Waals surface area (Å²) in [5, 5.41) is 10.7. The maximum atomic E-state index is 10.4. The van der Waals surface area contributed by atoms with Gasteiger partial charge in [0.2, 0.25) is 5.56 Å². The number of carboxylic acids is 1. The third-order valence-corrected chi connectivity index (χ3v) is 2.02. The van der Waals surface area contributed by atoms with Crippen molar-refractivity contribution in [1.82, 2.24) is 4.98 Å². The number of aromatic carboxylic acids is 1. The molecule has 2 heterocycles. The molecule has 0 aliphatic rings. The van der Waals surface area contributed by atoms with E-state index in [-0.39, 0.29) is 11.2 Å². The molecule has 0 radical (unpaired) electrons. The Kier molecular flexibility index (Phi) is 6.87. The van der Waals surface area contributed by atoms with Gasteiger partial charge in [-0.25, -0.2) is 4.98 Å². The Morgan fingerprint density at radius 1 is 1.32 bits per heavy atom. The number of nitrogens with two attached hydrogens (primary N) is 1. The lowest BCUT2D eigenvalue weighted by Gasteiger charge is -1.98. The molecule has 0 spiro atoms. The number of pyridine rings is 2. The van der Waals surface area contributed by atoms with Crippen LogP contribution in [-0.2, 0) is 0 Å². The third-order valence-electron chi connectivity index (χ3n) is 1.79. The maximum absolute atomic E-state index is 10.4. The number of rotatable bonds is 1. The van der Waals surface area contributed by atoms with Crippen LogP contribution in [0.5, 0.6) is 0 Å². The zero-order chi connectivity index (χ0) is 13.5. The van der Waals surface area contributed by atoms with Crippen LogP contribution >= 0.6 is 11.6 Å². The number of nitrogens with one attached hydrogen (secondary N) is 2. The van der Waals surface area contributed by atoms with Crippen molar-refractivity contribution < 1.29 is 20.4 Å². The van der Waals surface area contributed by atoms with Gasteiger partial charge < -0.3 is 20.4 Å². The van der Waals surface area contributed by atoms with Crippen molar-refractivity contribution in [3.05, 3.63) is 57.6 Å². The molecule has 6 N–H and O–H groups in total. The smallest absolute Gasteiger partial charge is 0.270 e. The standard InChI is InChI=1S/C6H5NO3.C5H5ClN2.H2O/c8-5-3-1-2-4(7-5)6(9)10;6-4-1-2-5(7)8-3-4;/h1-3H,(H,7,8)(H,9,10);1-3H,(H2,7,8);1H2. The minimum absolute atomic E-state index is 0. The van der Waals surface area contributed by atoms with E-state index in [1.54, 1.807) is 18.3 Å². The van der Waals surface area contributed by atoms with E-state index in [4.69, 9.17) is 17.3 Å². The minimum Gasteiger partial charge on any atom is -0.543 e. The molecule has 0 unspecified atom stereocenters. The number of H-pyrrole nitrogens is 2. The topological polar surface area (TPSA) is 145 Å². The normalized spacial score (nSPS) is 8.68. The Labute approximate surface area is 113 Å². The number of nitrogen functional groups attached to an aromatic ring is 1. The summed E-state index contributed by atoms with van der Waals surface area (Å²) < 4.78 is 0. The van der Waals surface area contributed by atoms with Crippen molar-refractivity contribution in [2.75, 3.05) is 5.73 Å². The highest BCUT2D eigenvalue weighted by Crippen LogP contribution is 2.02. The first-order valence-corrected chi connectivity index (χ1v) is 5.20. The van der Waals surface area contributed by atoms with Crippen LogP contribution in [-0.4, -0.2) is 16.4 Å². The Morgan fingerprint density at radius 3 is 2.37 bits per heavy atom. The van der Waals surface area contributed by atoms with E-state index >= 15 is 0 Å². The lowest BCUT2D eigenvalue weighted by molar-refractivity contribution is -0.360. The van der Waals surface area contributed by atoms with Crippen LogP contribution in [0.25, 0.3) is 0 Å². The van der Waals surface area contributed by atoms with Crippen molar-refractivity contribution in [2.24, 2.45) is 0 Å². The number of hydrogen-bond donors (Lipinski definition) is 2. The molecule has 0 amide bonds. The average Bonchev–Trinajstić information content (AvgIpc) is 2.34. The fourth-order valence-electron chi connectivity index (χ4n) is 0.985. The number of hydrogen-bond acceptors (Lipinski definition) is 4. The first-order valence-electron chi connectivity index (χ1n) is 4.82. The quantitative estimate of drug-likeness (QED) is 0.667. The lowest BCUT2D eigenvalue weighted by Crippen LogP contribution is -2.25. The summed E-state index contributed by atoms with van der Waals surface area (Å²) in [5.74, 6) is -0.757. The molecule has 102 valence electrons. The second-order valence-corrected chi connectivity index (χ2v) is 3.61. The van der Waals surface area contributed by atoms with Gasteiger partial charge >= 0.3 is 0 Å². The van der Waals surface area contributed by atoms with E-state index in [2.05, 4.69) is 9.97 Å². The van der Waals surface area contributed by atoms with E-state index in [0.29, 0.717) is 10.8 Å². The molecular weight excluding hydrogens is 274 g/mol. The van der Waals surface area contributed by atoms with Gasteiger partial charge in [0.25, 0.3) is 5.82 Å².